The van der Waals surface area contributed by atoms with Gasteiger partial charge in [-0.05, 0) is 24.0 Å². The summed E-state index contributed by atoms with van der Waals surface area (Å²) >= 11 is 0. The summed E-state index contributed by atoms with van der Waals surface area (Å²) in [5, 5.41) is 17.5. The predicted molar refractivity (Wildman–Crippen MR) is 55.8 cm³/mol. The molecule has 0 aromatic heterocycles. The van der Waals surface area contributed by atoms with Crippen molar-refractivity contribution in [2.45, 2.75) is 19.8 Å². The van der Waals surface area contributed by atoms with Crippen molar-refractivity contribution in [1.29, 1.82) is 5.39 Å². The summed E-state index contributed by atoms with van der Waals surface area (Å²) in [6.07, 6.45) is 1.35. The fourth-order valence-corrected chi connectivity index (χ4v) is 1.52. The van der Waals surface area contributed by atoms with E-state index in [1.54, 1.807) is 6.07 Å². The maximum Gasteiger partial charge on any atom is 0.407 e. The van der Waals surface area contributed by atoms with Gasteiger partial charge in [-0.15, -0.1) is 0 Å². The molecule has 0 atom stereocenters. The SMILES string of the molecule is CCc1ccc([N+]#N)c(N)c1CCO. The van der Waals surface area contributed by atoms with E-state index in [9.17, 15) is 0 Å². The Bertz CT molecular complexity index is 368. The summed E-state index contributed by atoms with van der Waals surface area (Å²) in [7, 11) is 0. The van der Waals surface area contributed by atoms with Crippen molar-refractivity contribution in [3.63, 3.8) is 0 Å². The van der Waals surface area contributed by atoms with E-state index in [0.717, 1.165) is 17.5 Å². The molecule has 0 aliphatic carbocycles. The molecule has 1 rings (SSSR count). The first-order chi connectivity index (χ1) is 6.74. The van der Waals surface area contributed by atoms with E-state index in [0.29, 0.717) is 17.8 Å². The lowest BCUT2D eigenvalue weighted by Gasteiger charge is -2.07. The van der Waals surface area contributed by atoms with Gasteiger partial charge < -0.3 is 10.8 Å². The zero-order valence-electron chi connectivity index (χ0n) is 8.20. The second-order valence-corrected chi connectivity index (χ2v) is 3.06. The van der Waals surface area contributed by atoms with Crippen LogP contribution in [0.15, 0.2) is 12.1 Å². The van der Waals surface area contributed by atoms with E-state index in [4.69, 9.17) is 16.2 Å². The average Bonchev–Trinajstić information content (AvgIpc) is 2.21. The van der Waals surface area contributed by atoms with Crippen molar-refractivity contribution in [2.24, 2.45) is 0 Å². The third kappa shape index (κ3) is 1.83. The van der Waals surface area contributed by atoms with Crippen LogP contribution >= 0.6 is 0 Å². The van der Waals surface area contributed by atoms with E-state index in [1.165, 1.54) is 0 Å². The lowest BCUT2D eigenvalue weighted by atomic mass is 9.99. The van der Waals surface area contributed by atoms with E-state index in [2.05, 4.69) is 4.98 Å². The largest absolute Gasteiger partial charge is 0.407 e. The number of anilines is 1. The Hall–Kier alpha value is -1.60. The Morgan fingerprint density at radius 3 is 2.71 bits per heavy atom. The lowest BCUT2D eigenvalue weighted by Crippen LogP contribution is -2.02. The Morgan fingerprint density at radius 1 is 1.50 bits per heavy atom. The molecule has 0 aliphatic rings. The third-order valence-electron chi connectivity index (χ3n) is 2.28. The highest BCUT2D eigenvalue weighted by molar-refractivity contribution is 5.72. The molecule has 0 amide bonds. The van der Waals surface area contributed by atoms with Gasteiger partial charge in [-0.1, -0.05) is 13.0 Å². The van der Waals surface area contributed by atoms with Crippen molar-refractivity contribution in [3.05, 3.63) is 28.2 Å². The summed E-state index contributed by atoms with van der Waals surface area (Å²) in [6.45, 7) is 2.07. The van der Waals surface area contributed by atoms with Gasteiger partial charge in [0.15, 0.2) is 4.98 Å². The highest BCUT2D eigenvalue weighted by Crippen LogP contribution is 2.29. The monoisotopic (exact) mass is 192 g/mol. The number of aliphatic hydroxyl groups excluding tert-OH is 1. The Morgan fingerprint density at radius 2 is 2.21 bits per heavy atom. The van der Waals surface area contributed by atoms with Crippen molar-refractivity contribution in [3.8, 4) is 0 Å². The molecule has 0 saturated heterocycles. The predicted octanol–water partition coefficient (Wildman–Crippen LogP) is 1.85. The van der Waals surface area contributed by atoms with Crippen LogP contribution in [0.25, 0.3) is 4.98 Å². The maximum atomic E-state index is 8.88. The van der Waals surface area contributed by atoms with Gasteiger partial charge in [-0.2, -0.15) is 0 Å². The quantitative estimate of drug-likeness (QED) is 0.567. The Kier molecular flexibility index (Phi) is 3.43. The molecule has 0 saturated carbocycles. The first kappa shape index (κ1) is 10.5. The van der Waals surface area contributed by atoms with Gasteiger partial charge in [0.2, 0.25) is 5.39 Å². The molecule has 0 fully saturated rings. The molecule has 4 heteroatoms. The van der Waals surface area contributed by atoms with Crippen LogP contribution < -0.4 is 5.73 Å². The molecule has 0 aliphatic heterocycles. The average molecular weight is 192 g/mol. The van der Waals surface area contributed by atoms with E-state index >= 15 is 0 Å². The van der Waals surface area contributed by atoms with Crippen LogP contribution in [-0.2, 0) is 12.8 Å². The number of diazo groups is 1. The zero-order chi connectivity index (χ0) is 10.6. The van der Waals surface area contributed by atoms with Crippen LogP contribution in [0.3, 0.4) is 0 Å². The van der Waals surface area contributed by atoms with Crippen molar-refractivity contribution >= 4 is 11.4 Å². The molecule has 74 valence electrons. The van der Waals surface area contributed by atoms with Gasteiger partial charge in [0, 0.05) is 12.7 Å². The Balaban J connectivity index is 3.25. The number of hydrogen-bond acceptors (Lipinski definition) is 3. The first-order valence-electron chi connectivity index (χ1n) is 4.60. The molecule has 1 aromatic carbocycles. The van der Waals surface area contributed by atoms with Crippen molar-refractivity contribution in [1.82, 2.24) is 0 Å². The van der Waals surface area contributed by atoms with Crippen LogP contribution in [0.2, 0.25) is 0 Å². The van der Waals surface area contributed by atoms with Crippen LogP contribution in [-0.4, -0.2) is 11.7 Å². The normalized spacial score (nSPS) is 9.79. The molecular formula is C10H14N3O+. The third-order valence-corrected chi connectivity index (χ3v) is 2.28. The van der Waals surface area contributed by atoms with Gasteiger partial charge in [0.1, 0.15) is 5.69 Å². The maximum absolute atomic E-state index is 8.88. The van der Waals surface area contributed by atoms with Gasteiger partial charge in [-0.3, -0.25) is 0 Å². The topological polar surface area (TPSA) is 74.4 Å². The van der Waals surface area contributed by atoms with E-state index in [-0.39, 0.29) is 6.61 Å². The van der Waals surface area contributed by atoms with Gasteiger partial charge in [0.05, 0.1) is 0 Å². The highest BCUT2D eigenvalue weighted by Gasteiger charge is 2.16. The number of nitrogens with two attached hydrogens (primary N) is 1. The molecule has 1 aromatic rings. The second kappa shape index (κ2) is 4.58. The van der Waals surface area contributed by atoms with E-state index in [1.807, 2.05) is 13.0 Å². The first-order valence-corrected chi connectivity index (χ1v) is 4.60. The Labute approximate surface area is 83.0 Å². The fraction of sp³-hybridized carbons (Fsp3) is 0.400. The standard InChI is InChI=1S/C10H14N3O/c1-2-7-3-4-9(13-12)10(11)8(7)5-6-14/h3-4,14H,2,5-6,11H2,1H3/q+1. The van der Waals surface area contributed by atoms with Crippen LogP contribution in [0.1, 0.15) is 18.1 Å². The van der Waals surface area contributed by atoms with Crippen molar-refractivity contribution < 1.29 is 5.11 Å². The number of aryl methyl sites for hydroxylation is 1. The van der Waals surface area contributed by atoms with Gasteiger partial charge in [0.25, 0.3) is 0 Å². The number of hydrogen-bond donors (Lipinski definition) is 2. The number of nitrogen functional groups attached to an aromatic ring is 1. The second-order valence-electron chi connectivity index (χ2n) is 3.06. The van der Waals surface area contributed by atoms with Crippen LogP contribution in [0.4, 0.5) is 11.4 Å². The summed E-state index contributed by atoms with van der Waals surface area (Å²) in [6, 6.07) is 3.55. The lowest BCUT2D eigenvalue weighted by molar-refractivity contribution is 0.299. The molecule has 0 heterocycles. The van der Waals surface area contributed by atoms with E-state index < -0.39 is 0 Å². The molecule has 3 N–H and O–H groups in total. The zero-order valence-corrected chi connectivity index (χ0v) is 8.20. The number of benzene rings is 1. The summed E-state index contributed by atoms with van der Waals surface area (Å²) in [5.41, 5.74) is 8.58. The summed E-state index contributed by atoms with van der Waals surface area (Å²) < 4.78 is 0. The van der Waals surface area contributed by atoms with Gasteiger partial charge in [-0.25, -0.2) is 0 Å². The highest BCUT2D eigenvalue weighted by atomic mass is 16.2. The molecule has 14 heavy (non-hydrogen) atoms. The number of aliphatic hydroxyl groups is 1. The minimum Gasteiger partial charge on any atom is -0.396 e. The molecular weight excluding hydrogens is 178 g/mol. The molecule has 0 spiro atoms. The molecule has 4 nitrogen and oxygen atoms in total. The minimum atomic E-state index is 0.0477. The van der Waals surface area contributed by atoms with Crippen LogP contribution in [0.5, 0.6) is 0 Å². The summed E-state index contributed by atoms with van der Waals surface area (Å²) in [4.78, 5) is 3.08. The number of nitrogens with zero attached hydrogens (tertiary/aromatic N) is 2. The molecule has 0 unspecified atom stereocenters. The number of rotatable bonds is 3. The van der Waals surface area contributed by atoms with Gasteiger partial charge >= 0.3 is 5.69 Å². The molecule has 0 radical (unpaired) electrons. The molecule has 0 bridgehead atoms. The fourth-order valence-electron chi connectivity index (χ4n) is 1.52. The smallest absolute Gasteiger partial charge is 0.396 e. The minimum absolute atomic E-state index is 0.0477. The summed E-state index contributed by atoms with van der Waals surface area (Å²) in [5.74, 6) is 0. The van der Waals surface area contributed by atoms with Crippen LogP contribution in [0, 0.1) is 5.39 Å². The van der Waals surface area contributed by atoms with Crippen molar-refractivity contribution in [2.75, 3.05) is 12.3 Å².